The largest absolute Gasteiger partial charge is 0.463 e. The Balaban J connectivity index is 1.59. The minimum Gasteiger partial charge on any atom is -0.463 e. The van der Waals surface area contributed by atoms with Crippen molar-refractivity contribution in [3.8, 4) is 11.3 Å². The topological polar surface area (TPSA) is 100 Å². The molecule has 2 aromatic heterocycles. The highest BCUT2D eigenvalue weighted by Crippen LogP contribution is 2.34. The molecule has 0 saturated heterocycles. The van der Waals surface area contributed by atoms with Gasteiger partial charge in [-0.05, 0) is 62.7 Å². The molecule has 2 aromatic carbocycles. The standard InChI is InChI=1S/C30H24Cl2N2O6S/c1-4-38-28(36)20-14-17(10-12-22(20)32)23-13-11-18(40-23)15-24-27(35)34-26(19-8-6-7-9-21(19)31)25(29(37)39-5-2)16(3)33-30(34)41-24/h6-15,26H,4-5H2,1-3H3/b24-15-/t26-/m0/s1. The first-order valence-electron chi connectivity index (χ1n) is 12.7. The number of esters is 2. The van der Waals surface area contributed by atoms with E-state index in [0.29, 0.717) is 42.7 Å². The van der Waals surface area contributed by atoms with E-state index in [1.165, 1.54) is 15.9 Å². The van der Waals surface area contributed by atoms with E-state index in [9.17, 15) is 14.4 Å². The third-order valence-corrected chi connectivity index (χ3v) is 8.02. The monoisotopic (exact) mass is 610 g/mol. The van der Waals surface area contributed by atoms with Crippen LogP contribution < -0.4 is 14.9 Å². The lowest BCUT2D eigenvalue weighted by Crippen LogP contribution is -2.40. The first-order chi connectivity index (χ1) is 19.7. The summed E-state index contributed by atoms with van der Waals surface area (Å²) in [4.78, 5) is 44.1. The van der Waals surface area contributed by atoms with Crippen LogP contribution in [0.25, 0.3) is 17.4 Å². The summed E-state index contributed by atoms with van der Waals surface area (Å²) in [6.07, 6.45) is 1.61. The molecule has 0 radical (unpaired) electrons. The Labute approximate surface area is 248 Å². The highest BCUT2D eigenvalue weighted by Gasteiger charge is 2.34. The second kappa shape index (κ2) is 11.9. The summed E-state index contributed by atoms with van der Waals surface area (Å²) in [5, 5.41) is 0.676. The van der Waals surface area contributed by atoms with E-state index in [2.05, 4.69) is 4.99 Å². The number of halogens is 2. The first-order valence-corrected chi connectivity index (χ1v) is 14.3. The SMILES string of the molecule is CCOC(=O)C1=C(C)N=c2s/c(=C\c3ccc(-c4ccc(Cl)c(C(=O)OCC)c4)o3)c(=O)n2[C@H]1c1ccccc1Cl. The van der Waals surface area contributed by atoms with Crippen molar-refractivity contribution in [3.05, 3.63) is 112 Å². The van der Waals surface area contributed by atoms with E-state index >= 15 is 0 Å². The Morgan fingerprint density at radius 1 is 1.02 bits per heavy atom. The molecule has 5 rings (SSSR count). The predicted octanol–water partition coefficient (Wildman–Crippen LogP) is 5.54. The quantitative estimate of drug-likeness (QED) is 0.255. The van der Waals surface area contributed by atoms with Gasteiger partial charge in [0.25, 0.3) is 5.56 Å². The van der Waals surface area contributed by atoms with Crippen LogP contribution in [0.4, 0.5) is 0 Å². The van der Waals surface area contributed by atoms with Crippen molar-refractivity contribution in [2.75, 3.05) is 13.2 Å². The fraction of sp³-hybridized carbons (Fsp3) is 0.200. The zero-order valence-electron chi connectivity index (χ0n) is 22.3. The average molecular weight is 612 g/mol. The highest BCUT2D eigenvalue weighted by atomic mass is 35.5. The van der Waals surface area contributed by atoms with E-state index in [-0.39, 0.29) is 34.9 Å². The van der Waals surface area contributed by atoms with E-state index < -0.39 is 18.0 Å². The van der Waals surface area contributed by atoms with Crippen molar-refractivity contribution in [2.24, 2.45) is 4.99 Å². The van der Waals surface area contributed by atoms with Crippen molar-refractivity contribution in [3.63, 3.8) is 0 Å². The molecule has 8 nitrogen and oxygen atoms in total. The molecule has 1 aliphatic heterocycles. The van der Waals surface area contributed by atoms with Crippen LogP contribution in [0.2, 0.25) is 10.0 Å². The first kappa shape index (κ1) is 28.6. The molecule has 0 amide bonds. The summed E-state index contributed by atoms with van der Waals surface area (Å²) >= 11 is 13.9. The lowest BCUT2D eigenvalue weighted by atomic mass is 9.96. The second-order valence-corrected chi connectivity index (χ2v) is 10.8. The molecule has 4 aromatic rings. The molecule has 1 atom stereocenters. The van der Waals surface area contributed by atoms with Gasteiger partial charge in [-0.15, -0.1) is 0 Å². The highest BCUT2D eigenvalue weighted by molar-refractivity contribution is 7.07. The number of carbonyl (C=O) groups is 2. The summed E-state index contributed by atoms with van der Waals surface area (Å²) in [5.74, 6) is -0.208. The van der Waals surface area contributed by atoms with Gasteiger partial charge in [-0.2, -0.15) is 0 Å². The molecule has 3 heterocycles. The summed E-state index contributed by atoms with van der Waals surface area (Å²) in [6, 6.07) is 14.6. The third-order valence-electron chi connectivity index (χ3n) is 6.36. The number of hydrogen-bond acceptors (Lipinski definition) is 8. The van der Waals surface area contributed by atoms with Crippen molar-refractivity contribution in [1.29, 1.82) is 0 Å². The number of ether oxygens (including phenoxy) is 2. The lowest BCUT2D eigenvalue weighted by Gasteiger charge is -2.25. The number of hydrogen-bond donors (Lipinski definition) is 0. The van der Waals surface area contributed by atoms with Gasteiger partial charge in [0.05, 0.1) is 39.6 Å². The predicted molar refractivity (Wildman–Crippen MR) is 157 cm³/mol. The van der Waals surface area contributed by atoms with Gasteiger partial charge in [-0.3, -0.25) is 9.36 Å². The minimum atomic E-state index is -0.816. The number of rotatable bonds is 7. The van der Waals surface area contributed by atoms with Gasteiger partial charge < -0.3 is 13.9 Å². The zero-order chi connectivity index (χ0) is 29.3. The van der Waals surface area contributed by atoms with Gasteiger partial charge >= 0.3 is 11.9 Å². The number of benzene rings is 2. The maximum Gasteiger partial charge on any atom is 0.339 e. The van der Waals surface area contributed by atoms with Crippen LogP contribution in [0.5, 0.6) is 0 Å². The Morgan fingerprint density at radius 3 is 2.49 bits per heavy atom. The average Bonchev–Trinajstić information content (AvgIpc) is 3.53. The molecule has 0 fully saturated rings. The molecule has 0 unspecified atom stereocenters. The van der Waals surface area contributed by atoms with Crippen LogP contribution in [0.15, 0.2) is 80.1 Å². The second-order valence-electron chi connectivity index (χ2n) is 8.94. The maximum atomic E-state index is 13.8. The van der Waals surface area contributed by atoms with E-state index in [1.807, 2.05) is 0 Å². The molecule has 0 bridgehead atoms. The Bertz CT molecular complexity index is 1880. The number of allylic oxidation sites excluding steroid dienone is 1. The van der Waals surface area contributed by atoms with Crippen molar-refractivity contribution in [1.82, 2.24) is 4.57 Å². The van der Waals surface area contributed by atoms with Crippen LogP contribution in [0.1, 0.15) is 48.5 Å². The fourth-order valence-electron chi connectivity index (χ4n) is 4.54. The number of thiazole rings is 1. The molecule has 0 N–H and O–H groups in total. The summed E-state index contributed by atoms with van der Waals surface area (Å²) in [7, 11) is 0. The van der Waals surface area contributed by atoms with Gasteiger partial charge in [0.2, 0.25) is 0 Å². The Morgan fingerprint density at radius 2 is 1.76 bits per heavy atom. The van der Waals surface area contributed by atoms with Crippen LogP contribution >= 0.6 is 34.5 Å². The molecule has 11 heteroatoms. The van der Waals surface area contributed by atoms with Gasteiger partial charge in [-0.25, -0.2) is 14.6 Å². The number of nitrogens with zero attached hydrogens (tertiary/aromatic N) is 2. The van der Waals surface area contributed by atoms with Crippen LogP contribution in [0, 0.1) is 0 Å². The van der Waals surface area contributed by atoms with Crippen molar-refractivity contribution < 1.29 is 23.5 Å². The van der Waals surface area contributed by atoms with E-state index in [1.54, 1.807) is 81.4 Å². The Kier molecular flexibility index (Phi) is 8.30. The van der Waals surface area contributed by atoms with E-state index in [4.69, 9.17) is 37.1 Å². The van der Waals surface area contributed by atoms with Gasteiger partial charge in [0, 0.05) is 16.7 Å². The van der Waals surface area contributed by atoms with Crippen LogP contribution in [-0.4, -0.2) is 29.7 Å². The maximum absolute atomic E-state index is 13.8. The molecule has 0 spiro atoms. The summed E-state index contributed by atoms with van der Waals surface area (Å²) in [5.41, 5.74) is 1.76. The molecule has 210 valence electrons. The molecule has 1 aliphatic rings. The third kappa shape index (κ3) is 5.53. The molecule has 0 saturated carbocycles. The van der Waals surface area contributed by atoms with Crippen LogP contribution in [-0.2, 0) is 14.3 Å². The van der Waals surface area contributed by atoms with Crippen molar-refractivity contribution >= 4 is 52.6 Å². The summed E-state index contributed by atoms with van der Waals surface area (Å²) < 4.78 is 18.2. The number of aromatic nitrogens is 1. The normalized spacial score (nSPS) is 15.0. The Hall–Kier alpha value is -3.92. The zero-order valence-corrected chi connectivity index (χ0v) is 24.6. The van der Waals surface area contributed by atoms with Gasteiger partial charge in [0.15, 0.2) is 4.80 Å². The van der Waals surface area contributed by atoms with Gasteiger partial charge in [0.1, 0.15) is 17.6 Å². The number of furan rings is 1. The molecular weight excluding hydrogens is 587 g/mol. The molecule has 0 aliphatic carbocycles. The minimum absolute atomic E-state index is 0.172. The smallest absolute Gasteiger partial charge is 0.339 e. The molecule has 41 heavy (non-hydrogen) atoms. The fourth-order valence-corrected chi connectivity index (χ4v) is 6.00. The summed E-state index contributed by atoms with van der Waals surface area (Å²) in [6.45, 7) is 5.54. The van der Waals surface area contributed by atoms with Gasteiger partial charge in [-0.1, -0.05) is 52.7 Å². The number of fused-ring (bicyclic) bond motifs is 1. The number of carbonyl (C=O) groups excluding carboxylic acids is 2. The van der Waals surface area contributed by atoms with E-state index in [0.717, 1.165) is 0 Å². The van der Waals surface area contributed by atoms with Crippen LogP contribution in [0.3, 0.4) is 0 Å². The lowest BCUT2D eigenvalue weighted by molar-refractivity contribution is -0.139. The molecular formula is C30H24Cl2N2O6S. The van der Waals surface area contributed by atoms with Crippen molar-refractivity contribution in [2.45, 2.75) is 26.8 Å².